The molecule has 0 aliphatic heterocycles. The van der Waals surface area contributed by atoms with E-state index < -0.39 is 10.0 Å². The number of sulfonamides is 1. The Labute approximate surface area is 135 Å². The lowest BCUT2D eigenvalue weighted by atomic mass is 10.2. The Kier molecular flexibility index (Phi) is 5.20. The second-order valence-electron chi connectivity index (χ2n) is 5.14. The van der Waals surface area contributed by atoms with Gasteiger partial charge in [0.1, 0.15) is 5.82 Å². The summed E-state index contributed by atoms with van der Waals surface area (Å²) in [6.07, 6.45) is 0. The topological polar surface area (TPSA) is 84.0 Å². The quantitative estimate of drug-likeness (QED) is 0.844. The Morgan fingerprint density at radius 1 is 1.14 bits per heavy atom. The Balaban J connectivity index is 2.10. The van der Waals surface area contributed by atoms with Gasteiger partial charge in [-0.05, 0) is 36.2 Å². The second-order valence-corrected chi connectivity index (χ2v) is 7.26. The molecule has 0 spiro atoms. The molecule has 0 bridgehead atoms. The van der Waals surface area contributed by atoms with Gasteiger partial charge >= 0.3 is 0 Å². The monoisotopic (exact) mass is 340 g/mol. The predicted molar refractivity (Wildman–Crippen MR) is 87.6 cm³/mol. The first-order valence-electron chi connectivity index (χ1n) is 6.73. The number of nitrogens with one attached hydrogen (secondary N) is 2. The van der Waals surface area contributed by atoms with Crippen LogP contribution in [-0.2, 0) is 10.0 Å². The van der Waals surface area contributed by atoms with Crippen LogP contribution in [0.5, 0.6) is 0 Å². The van der Waals surface area contributed by atoms with E-state index in [4.69, 9.17) is 11.6 Å². The number of hydrogen-bond acceptors (Lipinski definition) is 5. The summed E-state index contributed by atoms with van der Waals surface area (Å²) in [5, 5.41) is 11.2. The summed E-state index contributed by atoms with van der Waals surface area (Å²) in [4.78, 5) is 0.0730. The normalized spacial score (nSPS) is 11.5. The zero-order chi connectivity index (χ0) is 16.2. The average molecular weight is 341 g/mol. The number of benzene rings is 1. The van der Waals surface area contributed by atoms with Gasteiger partial charge in [-0.3, -0.25) is 4.72 Å². The summed E-state index contributed by atoms with van der Waals surface area (Å²) in [7, 11) is -3.73. The zero-order valence-corrected chi connectivity index (χ0v) is 13.8. The van der Waals surface area contributed by atoms with Crippen molar-refractivity contribution in [1.29, 1.82) is 0 Å². The summed E-state index contributed by atoms with van der Waals surface area (Å²) in [5.41, 5.74) is 0. The standard InChI is InChI=1S/C14H17ClN4O2S/c1-10(2)9-16-13-6-7-14(18-17-13)19-22(20,21)12-5-3-4-11(15)8-12/h3-8,10H,9H2,1-2H3,(H,16,17)(H,18,19). The van der Waals surface area contributed by atoms with Crippen molar-refractivity contribution in [3.05, 3.63) is 41.4 Å². The summed E-state index contributed by atoms with van der Waals surface area (Å²) in [5.74, 6) is 1.22. The highest BCUT2D eigenvalue weighted by Crippen LogP contribution is 2.18. The van der Waals surface area contributed by atoms with Gasteiger partial charge in [0.05, 0.1) is 4.90 Å². The highest BCUT2D eigenvalue weighted by molar-refractivity contribution is 7.92. The van der Waals surface area contributed by atoms with Crippen LogP contribution in [0.2, 0.25) is 5.02 Å². The largest absolute Gasteiger partial charge is 0.368 e. The lowest BCUT2D eigenvalue weighted by Gasteiger charge is -2.09. The third-order valence-electron chi connectivity index (χ3n) is 2.70. The molecule has 2 aromatic rings. The fraction of sp³-hybridized carbons (Fsp3) is 0.286. The van der Waals surface area contributed by atoms with Gasteiger partial charge in [-0.1, -0.05) is 31.5 Å². The molecule has 1 heterocycles. The summed E-state index contributed by atoms with van der Waals surface area (Å²) in [6.45, 7) is 4.92. The lowest BCUT2D eigenvalue weighted by Crippen LogP contribution is -2.15. The molecule has 0 radical (unpaired) electrons. The molecule has 0 aliphatic rings. The van der Waals surface area contributed by atoms with E-state index in [0.29, 0.717) is 16.8 Å². The Hall–Kier alpha value is -1.86. The molecule has 0 fully saturated rings. The Bertz CT molecular complexity index is 733. The van der Waals surface area contributed by atoms with Crippen molar-refractivity contribution in [2.24, 2.45) is 5.92 Å². The van der Waals surface area contributed by atoms with Crippen LogP contribution in [0.4, 0.5) is 11.6 Å². The predicted octanol–water partition coefficient (Wildman–Crippen LogP) is 3.00. The van der Waals surface area contributed by atoms with Crippen LogP contribution in [0.25, 0.3) is 0 Å². The molecule has 22 heavy (non-hydrogen) atoms. The lowest BCUT2D eigenvalue weighted by molar-refractivity contribution is 0.601. The first-order valence-corrected chi connectivity index (χ1v) is 8.59. The number of aromatic nitrogens is 2. The molecule has 0 saturated carbocycles. The SMILES string of the molecule is CC(C)CNc1ccc(NS(=O)(=O)c2cccc(Cl)c2)nn1. The molecule has 0 aliphatic carbocycles. The maximum atomic E-state index is 12.2. The van der Waals surface area contributed by atoms with E-state index in [9.17, 15) is 8.42 Å². The number of nitrogens with zero attached hydrogens (tertiary/aromatic N) is 2. The fourth-order valence-electron chi connectivity index (χ4n) is 1.62. The van der Waals surface area contributed by atoms with Crippen molar-refractivity contribution in [1.82, 2.24) is 10.2 Å². The highest BCUT2D eigenvalue weighted by atomic mass is 35.5. The highest BCUT2D eigenvalue weighted by Gasteiger charge is 2.15. The van der Waals surface area contributed by atoms with Crippen LogP contribution >= 0.6 is 11.6 Å². The second kappa shape index (κ2) is 6.93. The minimum absolute atomic E-state index is 0.0730. The number of anilines is 2. The van der Waals surface area contributed by atoms with Crippen molar-refractivity contribution < 1.29 is 8.42 Å². The molecule has 0 saturated heterocycles. The van der Waals surface area contributed by atoms with Crippen molar-refractivity contribution in [2.75, 3.05) is 16.6 Å². The minimum atomic E-state index is -3.73. The van der Waals surface area contributed by atoms with Gasteiger partial charge in [0.2, 0.25) is 0 Å². The maximum absolute atomic E-state index is 12.2. The molecule has 8 heteroatoms. The van der Waals surface area contributed by atoms with Gasteiger partial charge in [0, 0.05) is 11.6 Å². The zero-order valence-electron chi connectivity index (χ0n) is 12.2. The van der Waals surface area contributed by atoms with E-state index in [1.165, 1.54) is 12.1 Å². The molecular formula is C14H17ClN4O2S. The summed E-state index contributed by atoms with van der Waals surface area (Å²) in [6, 6.07) is 9.23. The molecule has 6 nitrogen and oxygen atoms in total. The van der Waals surface area contributed by atoms with Gasteiger partial charge in [0.15, 0.2) is 5.82 Å². The van der Waals surface area contributed by atoms with E-state index in [1.54, 1.807) is 24.3 Å². The van der Waals surface area contributed by atoms with E-state index in [0.717, 1.165) is 6.54 Å². The third kappa shape index (κ3) is 4.57. The molecule has 1 aromatic carbocycles. The van der Waals surface area contributed by atoms with Crippen LogP contribution in [0.3, 0.4) is 0 Å². The van der Waals surface area contributed by atoms with Crippen LogP contribution in [-0.4, -0.2) is 25.2 Å². The van der Waals surface area contributed by atoms with Gasteiger partial charge < -0.3 is 5.32 Å². The van der Waals surface area contributed by atoms with Gasteiger partial charge in [0.25, 0.3) is 10.0 Å². The van der Waals surface area contributed by atoms with E-state index in [-0.39, 0.29) is 10.7 Å². The van der Waals surface area contributed by atoms with E-state index >= 15 is 0 Å². The van der Waals surface area contributed by atoms with Crippen molar-refractivity contribution in [2.45, 2.75) is 18.7 Å². The summed E-state index contributed by atoms with van der Waals surface area (Å²) < 4.78 is 26.8. The molecule has 2 rings (SSSR count). The number of hydrogen-bond donors (Lipinski definition) is 2. The van der Waals surface area contributed by atoms with Crippen molar-refractivity contribution in [3.63, 3.8) is 0 Å². The van der Waals surface area contributed by atoms with Crippen LogP contribution in [0.15, 0.2) is 41.3 Å². The molecule has 118 valence electrons. The molecule has 0 atom stereocenters. The van der Waals surface area contributed by atoms with Crippen LogP contribution < -0.4 is 10.0 Å². The molecule has 0 unspecified atom stereocenters. The molecular weight excluding hydrogens is 324 g/mol. The Morgan fingerprint density at radius 3 is 2.41 bits per heavy atom. The molecule has 2 N–H and O–H groups in total. The molecule has 0 amide bonds. The first-order chi connectivity index (χ1) is 10.4. The van der Waals surface area contributed by atoms with E-state index in [2.05, 4.69) is 34.1 Å². The Morgan fingerprint density at radius 2 is 1.82 bits per heavy atom. The number of rotatable bonds is 6. The van der Waals surface area contributed by atoms with Crippen LogP contribution in [0.1, 0.15) is 13.8 Å². The minimum Gasteiger partial charge on any atom is -0.368 e. The molecule has 1 aromatic heterocycles. The maximum Gasteiger partial charge on any atom is 0.263 e. The third-order valence-corrected chi connectivity index (χ3v) is 4.29. The number of halogens is 1. The fourth-order valence-corrected chi connectivity index (χ4v) is 2.92. The average Bonchev–Trinajstić information content (AvgIpc) is 2.46. The van der Waals surface area contributed by atoms with Crippen molar-refractivity contribution >= 4 is 33.3 Å². The smallest absolute Gasteiger partial charge is 0.263 e. The van der Waals surface area contributed by atoms with E-state index in [1.807, 2.05) is 0 Å². The van der Waals surface area contributed by atoms with Gasteiger partial charge in [-0.2, -0.15) is 0 Å². The summed E-state index contributed by atoms with van der Waals surface area (Å²) >= 11 is 5.81. The van der Waals surface area contributed by atoms with Gasteiger partial charge in [-0.15, -0.1) is 10.2 Å². The first kappa shape index (κ1) is 16.5. The van der Waals surface area contributed by atoms with Gasteiger partial charge in [-0.25, -0.2) is 8.42 Å². The van der Waals surface area contributed by atoms with Crippen molar-refractivity contribution in [3.8, 4) is 0 Å². The van der Waals surface area contributed by atoms with Crippen LogP contribution in [0, 0.1) is 5.92 Å².